The molecule has 1 aromatic carbocycles. The van der Waals surface area contributed by atoms with Gasteiger partial charge >= 0.3 is 0 Å². The van der Waals surface area contributed by atoms with E-state index in [0.717, 1.165) is 25.1 Å². The molecule has 0 saturated carbocycles. The monoisotopic (exact) mass is 282 g/mol. The fourth-order valence-electron chi connectivity index (χ4n) is 3.18. The third-order valence-corrected chi connectivity index (χ3v) is 5.36. The highest BCUT2D eigenvalue weighted by Gasteiger charge is 2.38. The lowest BCUT2D eigenvalue weighted by atomic mass is 9.98. The van der Waals surface area contributed by atoms with E-state index in [0.29, 0.717) is 12.1 Å². The molecule has 0 spiro atoms. The molecule has 2 atom stereocenters. The van der Waals surface area contributed by atoms with Crippen LogP contribution in [0, 0.1) is 0 Å². The molecule has 0 bridgehead atoms. The molecule has 3 aliphatic rings. The molecule has 2 aliphatic heterocycles. The number of aliphatic imine (C=N–C) groups is 1. The second-order valence-corrected chi connectivity index (χ2v) is 6.49. The molecule has 20 heavy (non-hydrogen) atoms. The molecule has 2 heterocycles. The van der Waals surface area contributed by atoms with Crippen molar-refractivity contribution in [3.63, 3.8) is 0 Å². The zero-order valence-corrected chi connectivity index (χ0v) is 12.2. The van der Waals surface area contributed by atoms with Gasteiger partial charge in [0, 0.05) is 12.3 Å². The Morgan fingerprint density at radius 2 is 2.05 bits per heavy atom. The van der Waals surface area contributed by atoms with Gasteiger partial charge in [0.25, 0.3) is 0 Å². The summed E-state index contributed by atoms with van der Waals surface area (Å²) in [6, 6.07) is 11.7. The van der Waals surface area contributed by atoms with Crippen LogP contribution in [0.15, 0.2) is 59.1 Å². The molecule has 0 N–H and O–H groups in total. The van der Waals surface area contributed by atoms with E-state index in [1.54, 1.807) is 0 Å². The van der Waals surface area contributed by atoms with Crippen LogP contribution in [0.3, 0.4) is 0 Å². The first-order valence-electron chi connectivity index (χ1n) is 7.28. The Labute approximate surface area is 124 Å². The minimum Gasteiger partial charge on any atom is -0.341 e. The maximum Gasteiger partial charge on any atom is 0.160 e. The van der Waals surface area contributed by atoms with Crippen LogP contribution in [0.2, 0.25) is 0 Å². The fraction of sp³-hybridized carbons (Fsp3) is 0.353. The summed E-state index contributed by atoms with van der Waals surface area (Å²) in [5.41, 5.74) is 2.92. The Kier molecular flexibility index (Phi) is 3.15. The van der Waals surface area contributed by atoms with Gasteiger partial charge in [0.15, 0.2) is 5.17 Å². The van der Waals surface area contributed by atoms with E-state index in [4.69, 9.17) is 4.99 Å². The Bertz CT molecular complexity index is 588. The summed E-state index contributed by atoms with van der Waals surface area (Å²) >= 11 is 1.91. The molecule has 0 aromatic heterocycles. The quantitative estimate of drug-likeness (QED) is 0.767. The smallest absolute Gasteiger partial charge is 0.160 e. The summed E-state index contributed by atoms with van der Waals surface area (Å²) in [6.07, 6.45) is 9.04. The lowest BCUT2D eigenvalue weighted by Gasteiger charge is -2.24. The molecule has 2 nitrogen and oxygen atoms in total. The molecule has 1 saturated heterocycles. The molecule has 102 valence electrons. The number of allylic oxidation sites excluding steroid dienone is 3. The van der Waals surface area contributed by atoms with E-state index in [1.165, 1.54) is 16.3 Å². The summed E-state index contributed by atoms with van der Waals surface area (Å²) in [5.74, 6) is 1.13. The van der Waals surface area contributed by atoms with E-state index >= 15 is 0 Å². The normalized spacial score (nSPS) is 28.3. The van der Waals surface area contributed by atoms with Crippen molar-refractivity contribution < 1.29 is 0 Å². The summed E-state index contributed by atoms with van der Waals surface area (Å²) in [7, 11) is 0. The molecular formula is C17H18N2S. The van der Waals surface area contributed by atoms with Crippen molar-refractivity contribution in [3.05, 3.63) is 59.7 Å². The SMILES string of the molecule is C1=CCC(C2CN3C(=N2)SCC3c2ccccc2)=CC1. The van der Waals surface area contributed by atoms with Gasteiger partial charge in [-0.05, 0) is 24.0 Å². The van der Waals surface area contributed by atoms with E-state index < -0.39 is 0 Å². The first-order chi connectivity index (χ1) is 9.92. The van der Waals surface area contributed by atoms with E-state index in [-0.39, 0.29) is 0 Å². The fourth-order valence-corrected chi connectivity index (χ4v) is 4.43. The van der Waals surface area contributed by atoms with Gasteiger partial charge in [0.05, 0.1) is 12.1 Å². The van der Waals surface area contributed by atoms with E-state index in [9.17, 15) is 0 Å². The molecule has 2 unspecified atom stereocenters. The van der Waals surface area contributed by atoms with Crippen LogP contribution in [-0.4, -0.2) is 28.4 Å². The van der Waals surface area contributed by atoms with Gasteiger partial charge in [-0.3, -0.25) is 4.99 Å². The number of thioether (sulfide) groups is 1. The number of amidine groups is 1. The highest BCUT2D eigenvalue weighted by Crippen LogP contribution is 2.40. The number of hydrogen-bond donors (Lipinski definition) is 0. The third kappa shape index (κ3) is 2.10. The topological polar surface area (TPSA) is 15.6 Å². The lowest BCUT2D eigenvalue weighted by Crippen LogP contribution is -2.28. The Hall–Kier alpha value is -1.48. The van der Waals surface area contributed by atoms with Crippen molar-refractivity contribution in [1.82, 2.24) is 4.90 Å². The van der Waals surface area contributed by atoms with Crippen LogP contribution >= 0.6 is 11.8 Å². The average Bonchev–Trinajstić information content (AvgIpc) is 3.09. The summed E-state index contributed by atoms with van der Waals surface area (Å²) in [5, 5.41) is 1.25. The zero-order chi connectivity index (χ0) is 13.4. The maximum absolute atomic E-state index is 4.95. The number of hydrogen-bond acceptors (Lipinski definition) is 3. The standard InChI is InChI=1S/C17H18N2S/c1-3-7-13(8-4-1)15-11-19-16(12-20-17(19)18-15)14-9-5-2-6-10-14/h1-3,5-6,8-10,15-16H,4,7,11-12H2. The van der Waals surface area contributed by atoms with Crippen LogP contribution < -0.4 is 0 Å². The predicted molar refractivity (Wildman–Crippen MR) is 86.0 cm³/mol. The number of fused-ring (bicyclic) bond motifs is 1. The van der Waals surface area contributed by atoms with Gasteiger partial charge in [-0.1, -0.05) is 60.3 Å². The number of nitrogens with zero attached hydrogens (tertiary/aromatic N) is 2. The molecule has 1 aromatic rings. The Balaban J connectivity index is 1.55. The Morgan fingerprint density at radius 3 is 2.85 bits per heavy atom. The molecule has 1 aliphatic carbocycles. The highest BCUT2D eigenvalue weighted by molar-refractivity contribution is 8.14. The lowest BCUT2D eigenvalue weighted by molar-refractivity contribution is 0.370. The van der Waals surface area contributed by atoms with Gasteiger partial charge in [-0.2, -0.15) is 0 Å². The van der Waals surface area contributed by atoms with Crippen molar-refractivity contribution in [1.29, 1.82) is 0 Å². The Morgan fingerprint density at radius 1 is 1.15 bits per heavy atom. The van der Waals surface area contributed by atoms with Crippen LogP contribution in [-0.2, 0) is 0 Å². The number of benzene rings is 1. The van der Waals surface area contributed by atoms with Crippen molar-refractivity contribution >= 4 is 16.9 Å². The van der Waals surface area contributed by atoms with Crippen LogP contribution in [0.25, 0.3) is 0 Å². The van der Waals surface area contributed by atoms with Gasteiger partial charge in [0.2, 0.25) is 0 Å². The van der Waals surface area contributed by atoms with Crippen molar-refractivity contribution in [2.75, 3.05) is 12.3 Å². The minimum absolute atomic E-state index is 0.383. The molecule has 4 rings (SSSR count). The molecule has 0 amide bonds. The molecule has 1 fully saturated rings. The zero-order valence-electron chi connectivity index (χ0n) is 11.4. The van der Waals surface area contributed by atoms with Gasteiger partial charge < -0.3 is 4.90 Å². The molecule has 3 heteroatoms. The van der Waals surface area contributed by atoms with Crippen molar-refractivity contribution in [3.8, 4) is 0 Å². The third-order valence-electron chi connectivity index (χ3n) is 4.28. The van der Waals surface area contributed by atoms with Gasteiger partial charge in [-0.15, -0.1) is 0 Å². The second kappa shape index (κ2) is 5.13. The van der Waals surface area contributed by atoms with E-state index in [1.807, 2.05) is 11.8 Å². The van der Waals surface area contributed by atoms with Gasteiger partial charge in [-0.25, -0.2) is 0 Å². The predicted octanol–water partition coefficient (Wildman–Crippen LogP) is 3.79. The van der Waals surface area contributed by atoms with Crippen LogP contribution in [0.5, 0.6) is 0 Å². The van der Waals surface area contributed by atoms with Crippen LogP contribution in [0.1, 0.15) is 24.4 Å². The maximum atomic E-state index is 4.95. The first-order valence-corrected chi connectivity index (χ1v) is 8.26. The largest absolute Gasteiger partial charge is 0.341 e. The van der Waals surface area contributed by atoms with Crippen LogP contribution in [0.4, 0.5) is 0 Å². The van der Waals surface area contributed by atoms with Gasteiger partial charge in [0.1, 0.15) is 0 Å². The molecule has 0 radical (unpaired) electrons. The van der Waals surface area contributed by atoms with Crippen molar-refractivity contribution in [2.45, 2.75) is 24.9 Å². The summed E-state index contributed by atoms with van der Waals surface area (Å²) in [4.78, 5) is 7.46. The summed E-state index contributed by atoms with van der Waals surface area (Å²) in [6.45, 7) is 1.06. The first kappa shape index (κ1) is 12.3. The highest BCUT2D eigenvalue weighted by atomic mass is 32.2. The number of rotatable bonds is 2. The van der Waals surface area contributed by atoms with Crippen molar-refractivity contribution in [2.24, 2.45) is 4.99 Å². The minimum atomic E-state index is 0.383. The van der Waals surface area contributed by atoms with E-state index in [2.05, 4.69) is 53.5 Å². The second-order valence-electron chi connectivity index (χ2n) is 5.51. The average molecular weight is 282 g/mol. The summed E-state index contributed by atoms with van der Waals surface area (Å²) < 4.78 is 0. The molecular weight excluding hydrogens is 264 g/mol.